The third-order valence-corrected chi connectivity index (χ3v) is 3.59. The van der Waals surface area contributed by atoms with E-state index in [9.17, 15) is 13.2 Å². The maximum absolute atomic E-state index is 12.2. The van der Waals surface area contributed by atoms with E-state index in [2.05, 4.69) is 5.32 Å². The normalized spacial score (nSPS) is 13.4. The van der Waals surface area contributed by atoms with Crippen LogP contribution in [0.15, 0.2) is 29.2 Å². The molecule has 2 nitrogen and oxygen atoms in total. The van der Waals surface area contributed by atoms with Crippen molar-refractivity contribution in [2.45, 2.75) is 36.7 Å². The van der Waals surface area contributed by atoms with Crippen LogP contribution in [0.25, 0.3) is 0 Å². The van der Waals surface area contributed by atoms with Gasteiger partial charge in [0.1, 0.15) is 0 Å². The molecule has 1 rings (SSSR count). The van der Waals surface area contributed by atoms with Crippen LogP contribution in [-0.4, -0.2) is 23.8 Å². The van der Waals surface area contributed by atoms with Gasteiger partial charge in [0.15, 0.2) is 0 Å². The van der Waals surface area contributed by atoms with E-state index in [0.717, 1.165) is 24.9 Å². The summed E-state index contributed by atoms with van der Waals surface area (Å²) in [6.45, 7) is 3.68. The summed E-state index contributed by atoms with van der Waals surface area (Å²) >= 11 is -0.0970. The van der Waals surface area contributed by atoms with Gasteiger partial charge in [-0.2, -0.15) is 13.2 Å². The Labute approximate surface area is 121 Å². The van der Waals surface area contributed by atoms with Crippen molar-refractivity contribution in [3.8, 4) is 0 Å². The summed E-state index contributed by atoms with van der Waals surface area (Å²) in [5, 5.41) is 12.1. The highest BCUT2D eigenvalue weighted by Crippen LogP contribution is 2.36. The van der Waals surface area contributed by atoms with Gasteiger partial charge in [-0.05, 0) is 54.8 Å². The maximum atomic E-state index is 12.2. The van der Waals surface area contributed by atoms with Gasteiger partial charge in [0.2, 0.25) is 0 Å². The highest BCUT2D eigenvalue weighted by Gasteiger charge is 2.28. The molecule has 6 heteroatoms. The van der Waals surface area contributed by atoms with Crippen LogP contribution in [-0.2, 0) is 6.54 Å². The molecule has 1 aromatic carbocycles. The molecule has 0 aliphatic rings. The zero-order valence-corrected chi connectivity index (χ0v) is 12.2. The first kappa shape index (κ1) is 17.3. The molecular weight excluding hydrogens is 287 g/mol. The molecule has 0 radical (unpaired) electrons. The minimum atomic E-state index is -4.23. The fourth-order valence-electron chi connectivity index (χ4n) is 1.71. The Morgan fingerprint density at radius 3 is 2.45 bits per heavy atom. The van der Waals surface area contributed by atoms with E-state index in [1.165, 1.54) is 12.1 Å². The van der Waals surface area contributed by atoms with E-state index in [4.69, 9.17) is 5.11 Å². The summed E-state index contributed by atoms with van der Waals surface area (Å²) in [5.74, 6) is 0.315. The molecule has 0 amide bonds. The van der Waals surface area contributed by atoms with E-state index in [-0.39, 0.29) is 23.3 Å². The second kappa shape index (κ2) is 8.54. The zero-order valence-electron chi connectivity index (χ0n) is 11.4. The first-order valence-corrected chi connectivity index (χ1v) is 7.38. The number of benzene rings is 1. The zero-order chi connectivity index (χ0) is 15.0. The fourth-order valence-corrected chi connectivity index (χ4v) is 2.25. The van der Waals surface area contributed by atoms with Gasteiger partial charge in [-0.1, -0.05) is 19.1 Å². The van der Waals surface area contributed by atoms with Gasteiger partial charge in [0.25, 0.3) is 0 Å². The summed E-state index contributed by atoms with van der Waals surface area (Å²) in [6, 6.07) is 6.39. The van der Waals surface area contributed by atoms with Gasteiger partial charge in [0, 0.05) is 18.0 Å². The lowest BCUT2D eigenvalue weighted by Crippen LogP contribution is -2.16. The minimum absolute atomic E-state index is 0.0970. The van der Waals surface area contributed by atoms with Crippen molar-refractivity contribution in [3.05, 3.63) is 29.8 Å². The number of rotatable bonds is 8. The standard InChI is InChI=1S/C14H20F3NOS/c1-11(10-19)3-2-8-18-9-12-4-6-13(7-5-12)20-14(15,16)17/h4-7,11,18-19H,2-3,8-10H2,1H3. The Balaban J connectivity index is 2.25. The lowest BCUT2D eigenvalue weighted by Gasteiger charge is -2.09. The van der Waals surface area contributed by atoms with Crippen molar-refractivity contribution >= 4 is 11.8 Å². The largest absolute Gasteiger partial charge is 0.446 e. The van der Waals surface area contributed by atoms with Crippen LogP contribution in [0.2, 0.25) is 0 Å². The summed E-state index contributed by atoms with van der Waals surface area (Å²) in [6.07, 6.45) is 1.94. The number of nitrogens with one attached hydrogen (secondary N) is 1. The van der Waals surface area contributed by atoms with Crippen molar-refractivity contribution < 1.29 is 18.3 Å². The number of hydrogen-bond acceptors (Lipinski definition) is 3. The lowest BCUT2D eigenvalue weighted by molar-refractivity contribution is -0.0328. The van der Waals surface area contributed by atoms with E-state index in [0.29, 0.717) is 12.5 Å². The number of aliphatic hydroxyl groups excluding tert-OH is 1. The number of aliphatic hydroxyl groups is 1. The van der Waals surface area contributed by atoms with Crippen LogP contribution in [0.3, 0.4) is 0 Å². The highest BCUT2D eigenvalue weighted by atomic mass is 32.2. The van der Waals surface area contributed by atoms with Crippen molar-refractivity contribution in [2.24, 2.45) is 5.92 Å². The molecule has 1 unspecified atom stereocenters. The second-order valence-corrected chi connectivity index (χ2v) is 5.94. The molecule has 0 saturated heterocycles. The third kappa shape index (κ3) is 7.77. The Bertz CT molecular complexity index is 381. The fraction of sp³-hybridized carbons (Fsp3) is 0.571. The average molecular weight is 307 g/mol. The van der Waals surface area contributed by atoms with Crippen LogP contribution in [0.1, 0.15) is 25.3 Å². The molecule has 2 N–H and O–H groups in total. The van der Waals surface area contributed by atoms with Crippen LogP contribution < -0.4 is 5.32 Å². The second-order valence-electron chi connectivity index (χ2n) is 4.80. The first-order valence-electron chi connectivity index (χ1n) is 6.57. The predicted molar refractivity (Wildman–Crippen MR) is 75.5 cm³/mol. The van der Waals surface area contributed by atoms with Gasteiger partial charge in [-0.25, -0.2) is 0 Å². The van der Waals surface area contributed by atoms with E-state index in [1.54, 1.807) is 12.1 Å². The van der Waals surface area contributed by atoms with Crippen molar-refractivity contribution in [1.29, 1.82) is 0 Å². The van der Waals surface area contributed by atoms with E-state index < -0.39 is 5.51 Å². The quantitative estimate of drug-likeness (QED) is 0.566. The van der Waals surface area contributed by atoms with Gasteiger partial charge < -0.3 is 10.4 Å². The molecule has 114 valence electrons. The predicted octanol–water partition coefficient (Wildman–Crippen LogP) is 3.80. The monoisotopic (exact) mass is 307 g/mol. The molecule has 0 spiro atoms. The molecule has 20 heavy (non-hydrogen) atoms. The minimum Gasteiger partial charge on any atom is -0.396 e. The van der Waals surface area contributed by atoms with E-state index >= 15 is 0 Å². The summed E-state index contributed by atoms with van der Waals surface area (Å²) in [7, 11) is 0. The van der Waals surface area contributed by atoms with Crippen LogP contribution >= 0.6 is 11.8 Å². The Kier molecular flexibility index (Phi) is 7.40. The van der Waals surface area contributed by atoms with E-state index in [1.807, 2.05) is 6.92 Å². The van der Waals surface area contributed by atoms with Gasteiger partial charge in [-0.3, -0.25) is 0 Å². The number of alkyl halides is 3. The van der Waals surface area contributed by atoms with Crippen LogP contribution in [0.4, 0.5) is 13.2 Å². The topological polar surface area (TPSA) is 32.3 Å². The average Bonchev–Trinajstić information content (AvgIpc) is 2.38. The molecule has 0 bridgehead atoms. The molecule has 0 heterocycles. The van der Waals surface area contributed by atoms with Crippen molar-refractivity contribution in [2.75, 3.05) is 13.2 Å². The number of halogens is 3. The summed E-state index contributed by atoms with van der Waals surface area (Å²) in [5.41, 5.74) is -3.27. The summed E-state index contributed by atoms with van der Waals surface area (Å²) in [4.78, 5) is 0.207. The molecule has 0 fully saturated rings. The van der Waals surface area contributed by atoms with Gasteiger partial charge in [-0.15, -0.1) is 0 Å². The Morgan fingerprint density at radius 1 is 1.25 bits per heavy atom. The van der Waals surface area contributed by atoms with Crippen LogP contribution in [0, 0.1) is 5.92 Å². The summed E-state index contributed by atoms with van der Waals surface area (Å²) < 4.78 is 36.5. The van der Waals surface area contributed by atoms with Crippen LogP contribution in [0.5, 0.6) is 0 Å². The van der Waals surface area contributed by atoms with Crippen molar-refractivity contribution in [1.82, 2.24) is 5.32 Å². The molecular formula is C14H20F3NOS. The smallest absolute Gasteiger partial charge is 0.396 e. The SMILES string of the molecule is CC(CO)CCCNCc1ccc(SC(F)(F)F)cc1. The Morgan fingerprint density at radius 2 is 1.90 bits per heavy atom. The molecule has 0 saturated carbocycles. The van der Waals surface area contributed by atoms with Gasteiger partial charge in [0.05, 0.1) is 0 Å². The van der Waals surface area contributed by atoms with Crippen molar-refractivity contribution in [3.63, 3.8) is 0 Å². The molecule has 1 atom stereocenters. The molecule has 0 aliphatic carbocycles. The first-order chi connectivity index (χ1) is 9.40. The maximum Gasteiger partial charge on any atom is 0.446 e. The molecule has 1 aromatic rings. The molecule has 0 aromatic heterocycles. The highest BCUT2D eigenvalue weighted by molar-refractivity contribution is 8.00. The lowest BCUT2D eigenvalue weighted by atomic mass is 10.1. The molecule has 0 aliphatic heterocycles. The number of thioether (sulfide) groups is 1. The number of hydrogen-bond donors (Lipinski definition) is 2. The Hall–Kier alpha value is -0.720. The van der Waals surface area contributed by atoms with Gasteiger partial charge >= 0.3 is 5.51 Å². The third-order valence-electron chi connectivity index (χ3n) is 2.85.